The van der Waals surface area contributed by atoms with E-state index >= 15 is 0 Å². The van der Waals surface area contributed by atoms with Gasteiger partial charge in [-0.25, -0.2) is 0 Å². The predicted molar refractivity (Wildman–Crippen MR) is 108 cm³/mol. The molecule has 1 spiro atoms. The van der Waals surface area contributed by atoms with Crippen molar-refractivity contribution in [2.45, 2.75) is 44.0 Å². The van der Waals surface area contributed by atoms with E-state index in [0.29, 0.717) is 50.3 Å². The average molecular weight is 397 g/mol. The quantitative estimate of drug-likeness (QED) is 0.833. The maximum absolute atomic E-state index is 12.9. The summed E-state index contributed by atoms with van der Waals surface area (Å²) in [6, 6.07) is 14.9. The highest BCUT2D eigenvalue weighted by molar-refractivity contribution is 5.94. The summed E-state index contributed by atoms with van der Waals surface area (Å²) in [5.74, 6) is 1.39. The Morgan fingerprint density at radius 2 is 1.83 bits per heavy atom. The molecule has 6 heteroatoms. The number of aliphatic hydroxyl groups excluding tert-OH is 2. The highest BCUT2D eigenvalue weighted by Gasteiger charge is 2.48. The van der Waals surface area contributed by atoms with Gasteiger partial charge in [0.1, 0.15) is 17.6 Å². The molecule has 1 amide bonds. The number of carbonyl (C=O) groups is 1. The Morgan fingerprint density at radius 3 is 2.52 bits per heavy atom. The molecule has 2 aromatic carbocycles. The first kappa shape index (κ1) is 19.9. The van der Waals surface area contributed by atoms with Crippen LogP contribution in [0.15, 0.2) is 48.5 Å². The maximum atomic E-state index is 12.9. The molecule has 154 valence electrons. The number of aryl methyl sites for hydroxylation is 1. The lowest BCUT2D eigenvalue weighted by atomic mass is 9.80. The Bertz CT molecular complexity index is 858. The third kappa shape index (κ3) is 4.15. The number of aliphatic hydroxyl groups is 2. The second-order valence-corrected chi connectivity index (χ2v) is 7.95. The van der Waals surface area contributed by atoms with Crippen LogP contribution in [0.1, 0.15) is 35.2 Å². The van der Waals surface area contributed by atoms with Gasteiger partial charge in [0.2, 0.25) is 0 Å². The van der Waals surface area contributed by atoms with Crippen molar-refractivity contribution >= 4 is 5.91 Å². The first-order valence-electron chi connectivity index (χ1n) is 10.1. The molecule has 2 fully saturated rings. The molecule has 0 bridgehead atoms. The maximum Gasteiger partial charge on any atom is 0.253 e. The number of benzene rings is 2. The highest BCUT2D eigenvalue weighted by atomic mass is 16.5. The van der Waals surface area contributed by atoms with Crippen LogP contribution in [0.5, 0.6) is 11.5 Å². The lowest BCUT2D eigenvalue weighted by Gasteiger charge is -2.48. The zero-order chi connectivity index (χ0) is 20.4. The van der Waals surface area contributed by atoms with Crippen molar-refractivity contribution in [2.24, 2.45) is 0 Å². The van der Waals surface area contributed by atoms with Crippen molar-refractivity contribution in [3.8, 4) is 11.5 Å². The second-order valence-electron chi connectivity index (χ2n) is 7.95. The van der Waals surface area contributed by atoms with Gasteiger partial charge >= 0.3 is 0 Å². The van der Waals surface area contributed by atoms with Crippen LogP contribution in [0.4, 0.5) is 0 Å². The third-order valence-electron chi connectivity index (χ3n) is 5.93. The van der Waals surface area contributed by atoms with Crippen molar-refractivity contribution < 1.29 is 24.5 Å². The van der Waals surface area contributed by atoms with Crippen LogP contribution < -0.4 is 4.74 Å². The van der Waals surface area contributed by atoms with Crippen LogP contribution in [-0.2, 0) is 4.74 Å². The fourth-order valence-corrected chi connectivity index (χ4v) is 4.17. The summed E-state index contributed by atoms with van der Waals surface area (Å²) in [4.78, 5) is 14.6. The largest absolute Gasteiger partial charge is 0.457 e. The van der Waals surface area contributed by atoms with Crippen molar-refractivity contribution in [2.75, 3.05) is 19.7 Å². The summed E-state index contributed by atoms with van der Waals surface area (Å²) in [5, 5.41) is 20.3. The van der Waals surface area contributed by atoms with E-state index < -0.39 is 17.8 Å². The molecule has 0 unspecified atom stereocenters. The van der Waals surface area contributed by atoms with E-state index in [4.69, 9.17) is 9.47 Å². The van der Waals surface area contributed by atoms with Crippen LogP contribution >= 0.6 is 0 Å². The van der Waals surface area contributed by atoms with E-state index in [1.807, 2.05) is 31.2 Å². The van der Waals surface area contributed by atoms with E-state index in [2.05, 4.69) is 0 Å². The Kier molecular flexibility index (Phi) is 5.58. The van der Waals surface area contributed by atoms with Crippen molar-refractivity contribution in [1.82, 2.24) is 4.90 Å². The van der Waals surface area contributed by atoms with Gasteiger partial charge in [0, 0.05) is 18.7 Å². The third-order valence-corrected chi connectivity index (χ3v) is 5.93. The molecule has 0 saturated carbocycles. The standard InChI is InChI=1S/C23H27NO5/c1-16-3-2-4-19(15-16)29-18-7-5-17(6-8-18)22(27)24-12-10-23(11-13-24)21(26)20(25)9-14-28-23/h2-8,15,20-21,25-26H,9-14H2,1H3/t20-,21-/m0/s1. The van der Waals surface area contributed by atoms with E-state index in [9.17, 15) is 15.0 Å². The minimum absolute atomic E-state index is 0.0483. The topological polar surface area (TPSA) is 79.2 Å². The zero-order valence-electron chi connectivity index (χ0n) is 16.6. The summed E-state index contributed by atoms with van der Waals surface area (Å²) >= 11 is 0. The van der Waals surface area contributed by atoms with Gasteiger partial charge in [0.05, 0.1) is 18.3 Å². The molecule has 0 aliphatic carbocycles. The van der Waals surface area contributed by atoms with Gasteiger partial charge in [-0.15, -0.1) is 0 Å². The fourth-order valence-electron chi connectivity index (χ4n) is 4.17. The molecular formula is C23H27NO5. The number of amides is 1. The van der Waals surface area contributed by atoms with E-state index in [0.717, 1.165) is 11.3 Å². The number of piperidine rings is 1. The van der Waals surface area contributed by atoms with E-state index in [-0.39, 0.29) is 5.91 Å². The average Bonchev–Trinajstić information content (AvgIpc) is 2.73. The van der Waals surface area contributed by atoms with E-state index in [1.54, 1.807) is 29.2 Å². The second kappa shape index (κ2) is 8.14. The molecule has 2 aliphatic heterocycles. The normalized spacial score (nSPS) is 23.8. The summed E-state index contributed by atoms with van der Waals surface area (Å²) in [6.45, 7) is 3.43. The molecular weight excluding hydrogens is 370 g/mol. The zero-order valence-corrected chi connectivity index (χ0v) is 16.6. The molecule has 6 nitrogen and oxygen atoms in total. The van der Waals surface area contributed by atoms with Crippen LogP contribution in [0.25, 0.3) is 0 Å². The molecule has 2 atom stereocenters. The number of hydrogen-bond acceptors (Lipinski definition) is 5. The van der Waals surface area contributed by atoms with Gasteiger partial charge in [-0.2, -0.15) is 0 Å². The smallest absolute Gasteiger partial charge is 0.253 e. The van der Waals surface area contributed by atoms with Gasteiger partial charge in [-0.05, 0) is 68.1 Å². The lowest BCUT2D eigenvalue weighted by Crippen LogP contribution is -2.60. The fraction of sp³-hybridized carbons (Fsp3) is 0.435. The van der Waals surface area contributed by atoms with Gasteiger partial charge < -0.3 is 24.6 Å². The molecule has 2 N–H and O–H groups in total. The van der Waals surface area contributed by atoms with Crippen molar-refractivity contribution in [3.63, 3.8) is 0 Å². The van der Waals surface area contributed by atoms with Gasteiger partial charge in [-0.1, -0.05) is 12.1 Å². The number of ether oxygens (including phenoxy) is 2. The summed E-state index contributed by atoms with van der Waals surface area (Å²) in [7, 11) is 0. The molecule has 2 aromatic rings. The molecule has 2 saturated heterocycles. The Labute approximate surface area is 170 Å². The first-order chi connectivity index (χ1) is 14.0. The number of carbonyl (C=O) groups excluding carboxylic acids is 1. The monoisotopic (exact) mass is 397 g/mol. The number of likely N-dealkylation sites (tertiary alicyclic amines) is 1. The SMILES string of the molecule is Cc1cccc(Oc2ccc(C(=O)N3CCC4(CC3)OCC[C@H](O)[C@@H]4O)cc2)c1. The highest BCUT2D eigenvalue weighted by Crippen LogP contribution is 2.36. The molecule has 2 heterocycles. The molecule has 2 aliphatic rings. The molecule has 29 heavy (non-hydrogen) atoms. The minimum Gasteiger partial charge on any atom is -0.457 e. The van der Waals surface area contributed by atoms with Crippen LogP contribution in [0.3, 0.4) is 0 Å². The molecule has 0 radical (unpaired) electrons. The van der Waals surface area contributed by atoms with Crippen LogP contribution in [0, 0.1) is 6.92 Å². The van der Waals surface area contributed by atoms with Gasteiger partial charge in [0.15, 0.2) is 0 Å². The Hall–Kier alpha value is -2.41. The molecule has 4 rings (SSSR count). The number of hydrogen-bond donors (Lipinski definition) is 2. The number of rotatable bonds is 3. The minimum atomic E-state index is -0.897. The molecule has 0 aromatic heterocycles. The number of nitrogens with zero attached hydrogens (tertiary/aromatic N) is 1. The van der Waals surface area contributed by atoms with Crippen molar-refractivity contribution in [3.05, 3.63) is 59.7 Å². The first-order valence-corrected chi connectivity index (χ1v) is 10.1. The Morgan fingerprint density at radius 1 is 1.10 bits per heavy atom. The van der Waals surface area contributed by atoms with Crippen LogP contribution in [0.2, 0.25) is 0 Å². The van der Waals surface area contributed by atoms with E-state index in [1.165, 1.54) is 0 Å². The summed E-state index contributed by atoms with van der Waals surface area (Å²) in [6.07, 6.45) is -0.168. The van der Waals surface area contributed by atoms with Crippen LogP contribution in [-0.4, -0.2) is 58.5 Å². The van der Waals surface area contributed by atoms with Gasteiger partial charge in [0.25, 0.3) is 5.91 Å². The summed E-state index contributed by atoms with van der Waals surface area (Å²) < 4.78 is 11.7. The predicted octanol–water partition coefficient (Wildman–Crippen LogP) is 2.90. The Balaban J connectivity index is 1.38. The lowest BCUT2D eigenvalue weighted by molar-refractivity contribution is -0.212. The van der Waals surface area contributed by atoms with Gasteiger partial charge in [-0.3, -0.25) is 4.79 Å². The van der Waals surface area contributed by atoms with Crippen molar-refractivity contribution in [1.29, 1.82) is 0 Å². The summed E-state index contributed by atoms with van der Waals surface area (Å²) in [5.41, 5.74) is 0.986.